The van der Waals surface area contributed by atoms with E-state index in [0.717, 1.165) is 34.6 Å². The Morgan fingerprint density at radius 3 is 2.15 bits per heavy atom. The minimum Gasteiger partial charge on any atom is -0.496 e. The highest BCUT2D eigenvalue weighted by Gasteiger charge is 2.24. The first-order chi connectivity index (χ1) is 12.6. The second kappa shape index (κ2) is 8.27. The summed E-state index contributed by atoms with van der Waals surface area (Å²) in [7, 11) is -1.03. The summed E-state index contributed by atoms with van der Waals surface area (Å²) < 4.78 is 52.4. The van der Waals surface area contributed by atoms with Crippen LogP contribution in [0.4, 0.5) is 4.39 Å². The summed E-state index contributed by atoms with van der Waals surface area (Å²) >= 11 is 0. The molecule has 0 aliphatic heterocycles. The first-order valence-electron chi connectivity index (χ1n) is 8.65. The number of nitrogens with one attached hydrogen (secondary N) is 1. The molecule has 1 N–H and O–H groups in total. The Kier molecular flexibility index (Phi) is 6.49. The third kappa shape index (κ3) is 4.59. The summed E-state index contributed by atoms with van der Waals surface area (Å²) in [5.41, 5.74) is 2.73. The summed E-state index contributed by atoms with van der Waals surface area (Å²) in [6, 6.07) is 6.74. The van der Waals surface area contributed by atoms with E-state index in [1.165, 1.54) is 13.2 Å². The van der Waals surface area contributed by atoms with Gasteiger partial charge in [0.1, 0.15) is 22.2 Å². The minimum atomic E-state index is -3.98. The molecule has 1 atom stereocenters. The average Bonchev–Trinajstić information content (AvgIpc) is 2.60. The van der Waals surface area contributed by atoms with Gasteiger partial charge < -0.3 is 9.47 Å². The Morgan fingerprint density at radius 2 is 1.59 bits per heavy atom. The number of ether oxygens (including phenoxy) is 2. The summed E-state index contributed by atoms with van der Waals surface area (Å²) in [6.45, 7) is 7.74. The van der Waals surface area contributed by atoms with Crippen LogP contribution in [0.2, 0.25) is 0 Å². The van der Waals surface area contributed by atoms with Crippen LogP contribution in [-0.2, 0) is 10.0 Å². The number of rotatable bonds is 7. The van der Waals surface area contributed by atoms with Crippen molar-refractivity contribution < 1.29 is 22.3 Å². The lowest BCUT2D eigenvalue weighted by Crippen LogP contribution is -2.28. The van der Waals surface area contributed by atoms with Gasteiger partial charge >= 0.3 is 0 Å². The number of sulfonamides is 1. The fourth-order valence-corrected chi connectivity index (χ4v) is 4.43. The third-order valence-electron chi connectivity index (χ3n) is 4.45. The summed E-state index contributed by atoms with van der Waals surface area (Å²) in [5, 5.41) is 0. The van der Waals surface area contributed by atoms with E-state index in [2.05, 4.69) is 4.72 Å². The van der Waals surface area contributed by atoms with Crippen molar-refractivity contribution >= 4 is 10.0 Å². The molecule has 0 heterocycles. The Morgan fingerprint density at radius 1 is 0.963 bits per heavy atom. The molecule has 0 spiro atoms. The topological polar surface area (TPSA) is 64.6 Å². The molecule has 0 fully saturated rings. The lowest BCUT2D eigenvalue weighted by Gasteiger charge is -2.21. The van der Waals surface area contributed by atoms with Crippen molar-refractivity contribution in [2.45, 2.75) is 44.6 Å². The number of methoxy groups -OCH3 is 2. The van der Waals surface area contributed by atoms with Crippen molar-refractivity contribution in [3.05, 3.63) is 52.8 Å². The number of hydrogen-bond donors (Lipinski definition) is 1. The zero-order valence-corrected chi connectivity index (χ0v) is 17.3. The van der Waals surface area contributed by atoms with Gasteiger partial charge in [0, 0.05) is 6.04 Å². The molecule has 2 aromatic rings. The van der Waals surface area contributed by atoms with E-state index < -0.39 is 21.9 Å². The SMILES string of the molecule is COc1cc(C)c(C(C)NS(=O)(=O)c2cc(F)ccc2OC)cc1C(C)C. The van der Waals surface area contributed by atoms with Gasteiger partial charge in [0.25, 0.3) is 0 Å². The minimum absolute atomic E-state index is 0.0884. The van der Waals surface area contributed by atoms with Crippen LogP contribution >= 0.6 is 0 Å². The molecule has 148 valence electrons. The van der Waals surface area contributed by atoms with E-state index in [4.69, 9.17) is 9.47 Å². The molecule has 0 saturated carbocycles. The lowest BCUT2D eigenvalue weighted by atomic mass is 9.94. The number of aryl methyl sites for hydroxylation is 1. The van der Waals surface area contributed by atoms with Crippen LogP contribution in [0, 0.1) is 12.7 Å². The smallest absolute Gasteiger partial charge is 0.244 e. The van der Waals surface area contributed by atoms with Crippen LogP contribution in [-0.4, -0.2) is 22.6 Å². The van der Waals surface area contributed by atoms with Crippen LogP contribution < -0.4 is 14.2 Å². The Labute approximate surface area is 160 Å². The summed E-state index contributed by atoms with van der Waals surface area (Å²) in [4.78, 5) is -0.230. The van der Waals surface area contributed by atoms with Crippen molar-refractivity contribution in [3.63, 3.8) is 0 Å². The standard InChI is InChI=1S/C20H26FNO4S/c1-12(2)16-11-17(13(3)9-19(16)26-6)14(4)22-27(23,24)20-10-15(21)7-8-18(20)25-5/h7-12,14,22H,1-6H3. The summed E-state index contributed by atoms with van der Waals surface area (Å²) in [6.07, 6.45) is 0. The van der Waals surface area contributed by atoms with Gasteiger partial charge in [0.2, 0.25) is 10.0 Å². The Bertz CT molecular complexity index is 926. The first-order valence-corrected chi connectivity index (χ1v) is 10.1. The molecule has 0 saturated heterocycles. The molecule has 0 aromatic heterocycles. The predicted octanol–water partition coefficient (Wildman–Crippen LogP) is 4.31. The maximum Gasteiger partial charge on any atom is 0.244 e. The van der Waals surface area contributed by atoms with E-state index >= 15 is 0 Å². The molecule has 0 radical (unpaired) electrons. The molecule has 0 amide bonds. The van der Waals surface area contributed by atoms with Crippen LogP contribution in [0.25, 0.3) is 0 Å². The number of benzene rings is 2. The highest BCUT2D eigenvalue weighted by atomic mass is 32.2. The van der Waals surface area contributed by atoms with Gasteiger partial charge in [-0.05, 0) is 66.8 Å². The van der Waals surface area contributed by atoms with Crippen LogP contribution in [0.5, 0.6) is 11.5 Å². The van der Waals surface area contributed by atoms with Gasteiger partial charge in [-0.3, -0.25) is 0 Å². The molecule has 1 unspecified atom stereocenters. The zero-order valence-electron chi connectivity index (χ0n) is 16.5. The maximum absolute atomic E-state index is 13.6. The Hall–Kier alpha value is -2.12. The molecule has 2 aromatic carbocycles. The molecule has 0 aliphatic carbocycles. The molecule has 0 aliphatic rings. The van der Waals surface area contributed by atoms with Crippen molar-refractivity contribution in [2.75, 3.05) is 14.2 Å². The zero-order chi connectivity index (χ0) is 20.4. The number of hydrogen-bond acceptors (Lipinski definition) is 4. The van der Waals surface area contributed by atoms with E-state index in [1.54, 1.807) is 14.0 Å². The van der Waals surface area contributed by atoms with Crippen LogP contribution in [0.1, 0.15) is 49.4 Å². The lowest BCUT2D eigenvalue weighted by molar-refractivity contribution is 0.400. The van der Waals surface area contributed by atoms with Gasteiger partial charge in [0.15, 0.2) is 0 Å². The van der Waals surface area contributed by atoms with Crippen LogP contribution in [0.15, 0.2) is 35.2 Å². The van der Waals surface area contributed by atoms with Gasteiger partial charge in [-0.2, -0.15) is 0 Å². The monoisotopic (exact) mass is 395 g/mol. The van der Waals surface area contributed by atoms with Crippen LogP contribution in [0.3, 0.4) is 0 Å². The van der Waals surface area contributed by atoms with E-state index in [1.807, 2.05) is 32.9 Å². The normalized spacial score (nSPS) is 12.9. The molecule has 0 bridgehead atoms. The summed E-state index contributed by atoms with van der Waals surface area (Å²) in [5.74, 6) is 0.427. The van der Waals surface area contributed by atoms with Crippen molar-refractivity contribution in [2.24, 2.45) is 0 Å². The van der Waals surface area contributed by atoms with Gasteiger partial charge in [-0.15, -0.1) is 0 Å². The molecular weight excluding hydrogens is 369 g/mol. The second-order valence-corrected chi connectivity index (χ2v) is 8.43. The molecular formula is C20H26FNO4S. The first kappa shape index (κ1) is 21.2. The van der Waals surface area contributed by atoms with E-state index in [-0.39, 0.29) is 16.6 Å². The van der Waals surface area contributed by atoms with Crippen molar-refractivity contribution in [1.29, 1.82) is 0 Å². The highest BCUT2D eigenvalue weighted by Crippen LogP contribution is 2.33. The fourth-order valence-electron chi connectivity index (χ4n) is 3.03. The predicted molar refractivity (Wildman–Crippen MR) is 104 cm³/mol. The third-order valence-corrected chi connectivity index (χ3v) is 6.02. The average molecular weight is 395 g/mol. The van der Waals surface area contributed by atoms with Crippen molar-refractivity contribution in [1.82, 2.24) is 4.72 Å². The van der Waals surface area contributed by atoms with E-state index in [9.17, 15) is 12.8 Å². The Balaban J connectivity index is 2.43. The fraction of sp³-hybridized carbons (Fsp3) is 0.400. The molecule has 5 nitrogen and oxygen atoms in total. The molecule has 27 heavy (non-hydrogen) atoms. The van der Waals surface area contributed by atoms with Gasteiger partial charge in [-0.1, -0.05) is 13.8 Å². The highest BCUT2D eigenvalue weighted by molar-refractivity contribution is 7.89. The quantitative estimate of drug-likeness (QED) is 0.759. The van der Waals surface area contributed by atoms with E-state index in [0.29, 0.717) is 0 Å². The van der Waals surface area contributed by atoms with Gasteiger partial charge in [-0.25, -0.2) is 17.5 Å². The second-order valence-electron chi connectivity index (χ2n) is 6.74. The largest absolute Gasteiger partial charge is 0.496 e. The maximum atomic E-state index is 13.6. The molecule has 2 rings (SSSR count). The van der Waals surface area contributed by atoms with Gasteiger partial charge in [0.05, 0.1) is 14.2 Å². The van der Waals surface area contributed by atoms with Crippen molar-refractivity contribution in [3.8, 4) is 11.5 Å². The molecule has 7 heteroatoms. The number of halogens is 1.